The summed E-state index contributed by atoms with van der Waals surface area (Å²) in [6.07, 6.45) is 1.37. The Morgan fingerprint density at radius 2 is 2.33 bits per heavy atom. The maximum absolute atomic E-state index is 10.9. The number of nitriles is 1. The summed E-state index contributed by atoms with van der Waals surface area (Å²) in [5.41, 5.74) is 0.496. The summed E-state index contributed by atoms with van der Waals surface area (Å²) >= 11 is 3.18. The molecule has 2 aromatic rings. The van der Waals surface area contributed by atoms with Crippen LogP contribution in [0.2, 0.25) is 0 Å². The van der Waals surface area contributed by atoms with Crippen LogP contribution in [0.1, 0.15) is 11.4 Å². The van der Waals surface area contributed by atoms with E-state index in [0.717, 1.165) is 0 Å². The van der Waals surface area contributed by atoms with Crippen molar-refractivity contribution in [2.45, 2.75) is 6.54 Å². The van der Waals surface area contributed by atoms with Crippen molar-refractivity contribution in [2.75, 3.05) is 0 Å². The number of hydrogen-bond donors (Lipinski definition) is 0. The van der Waals surface area contributed by atoms with Crippen LogP contribution < -0.4 is 0 Å². The molecule has 0 saturated heterocycles. The fourth-order valence-electron chi connectivity index (χ4n) is 1.44. The Morgan fingerprint density at radius 1 is 1.56 bits per heavy atom. The van der Waals surface area contributed by atoms with Gasteiger partial charge in [-0.1, -0.05) is 15.9 Å². The quantitative estimate of drug-likeness (QED) is 0.637. The molecule has 0 N–H and O–H groups in total. The fraction of sp³-hybridized carbons (Fsp3) is 0.100. The van der Waals surface area contributed by atoms with Gasteiger partial charge in [0.25, 0.3) is 11.5 Å². The average Bonchev–Trinajstić information content (AvgIpc) is 2.79. The number of benzene rings is 1. The molecular weight excluding hydrogens is 302 g/mol. The third-order valence-corrected chi connectivity index (χ3v) is 2.71. The number of rotatable bonds is 3. The summed E-state index contributed by atoms with van der Waals surface area (Å²) in [4.78, 5) is 14.2. The zero-order chi connectivity index (χ0) is 13.1. The molecule has 8 heteroatoms. The molecule has 90 valence electrons. The van der Waals surface area contributed by atoms with Gasteiger partial charge in [-0.05, 0) is 12.1 Å². The molecule has 0 amide bonds. The molecule has 0 atom stereocenters. The molecule has 7 nitrogen and oxygen atoms in total. The second-order valence-corrected chi connectivity index (χ2v) is 4.32. The molecule has 2 rings (SSSR count). The zero-order valence-corrected chi connectivity index (χ0v) is 10.5. The van der Waals surface area contributed by atoms with Crippen LogP contribution in [-0.2, 0) is 6.54 Å². The highest BCUT2D eigenvalue weighted by molar-refractivity contribution is 9.10. The number of nitrogens with zero attached hydrogens (tertiary/aromatic N) is 5. The number of aromatic nitrogens is 3. The molecule has 0 radical (unpaired) electrons. The van der Waals surface area contributed by atoms with Crippen molar-refractivity contribution >= 4 is 21.6 Å². The van der Waals surface area contributed by atoms with Crippen molar-refractivity contribution in [2.24, 2.45) is 0 Å². The molecule has 0 aliphatic heterocycles. The van der Waals surface area contributed by atoms with E-state index in [1.165, 1.54) is 17.1 Å². The Kier molecular flexibility index (Phi) is 3.34. The van der Waals surface area contributed by atoms with Gasteiger partial charge in [0, 0.05) is 10.5 Å². The lowest BCUT2D eigenvalue weighted by Crippen LogP contribution is -2.04. The minimum absolute atomic E-state index is 0.00150. The first kappa shape index (κ1) is 12.2. The lowest BCUT2D eigenvalue weighted by molar-refractivity contribution is -0.385. The predicted octanol–water partition coefficient (Wildman–Crippen LogP) is 1.87. The van der Waals surface area contributed by atoms with Gasteiger partial charge in [0.1, 0.15) is 12.4 Å². The molecule has 1 aromatic heterocycles. The van der Waals surface area contributed by atoms with Crippen LogP contribution >= 0.6 is 15.9 Å². The summed E-state index contributed by atoms with van der Waals surface area (Å²) in [6.45, 7) is 0.193. The van der Waals surface area contributed by atoms with E-state index in [4.69, 9.17) is 5.26 Å². The third-order valence-electron chi connectivity index (χ3n) is 2.21. The lowest BCUT2D eigenvalue weighted by atomic mass is 10.2. The first-order valence-corrected chi connectivity index (χ1v) is 5.62. The molecule has 18 heavy (non-hydrogen) atoms. The van der Waals surface area contributed by atoms with E-state index in [0.29, 0.717) is 10.0 Å². The summed E-state index contributed by atoms with van der Waals surface area (Å²) < 4.78 is 2.02. The van der Waals surface area contributed by atoms with Crippen molar-refractivity contribution < 1.29 is 4.92 Å². The Labute approximate surface area is 110 Å². The topological polar surface area (TPSA) is 97.6 Å². The van der Waals surface area contributed by atoms with Gasteiger partial charge in [-0.15, -0.1) is 5.10 Å². The minimum atomic E-state index is -0.456. The molecule has 0 unspecified atom stereocenters. The Bertz CT molecular complexity index is 646. The Hall–Kier alpha value is -2.27. The zero-order valence-electron chi connectivity index (χ0n) is 8.95. The van der Waals surface area contributed by atoms with E-state index >= 15 is 0 Å². The van der Waals surface area contributed by atoms with E-state index in [1.54, 1.807) is 18.2 Å². The van der Waals surface area contributed by atoms with Crippen molar-refractivity contribution in [3.8, 4) is 6.07 Å². The number of halogens is 1. The molecule has 1 aromatic carbocycles. The van der Waals surface area contributed by atoms with Gasteiger partial charge in [-0.25, -0.2) is 9.67 Å². The third kappa shape index (κ3) is 2.52. The normalized spacial score (nSPS) is 10.0. The Balaban J connectivity index is 2.34. The van der Waals surface area contributed by atoms with E-state index < -0.39 is 4.92 Å². The summed E-state index contributed by atoms with van der Waals surface area (Å²) in [6, 6.07) is 6.57. The highest BCUT2D eigenvalue weighted by Gasteiger charge is 2.15. The van der Waals surface area contributed by atoms with Gasteiger partial charge in [-0.2, -0.15) is 5.26 Å². The van der Waals surface area contributed by atoms with Gasteiger partial charge in [-0.3, -0.25) is 10.1 Å². The van der Waals surface area contributed by atoms with Crippen molar-refractivity contribution in [3.05, 3.63) is 50.5 Å². The van der Waals surface area contributed by atoms with Crippen LogP contribution in [0.25, 0.3) is 0 Å². The standard InChI is InChI=1S/C10H6BrN5O2/c11-8-2-1-7(9(3-8)16(17)18)5-15-6-13-10(4-12)14-15/h1-3,6H,5H2. The maximum Gasteiger partial charge on any atom is 0.275 e. The molecule has 0 saturated carbocycles. The van der Waals surface area contributed by atoms with Gasteiger partial charge in [0.2, 0.25) is 0 Å². The molecule has 0 aliphatic carbocycles. The smallest absolute Gasteiger partial charge is 0.258 e. The highest BCUT2D eigenvalue weighted by atomic mass is 79.9. The maximum atomic E-state index is 10.9. The number of hydrogen-bond acceptors (Lipinski definition) is 5. The van der Waals surface area contributed by atoms with Crippen LogP contribution in [0.4, 0.5) is 5.69 Å². The van der Waals surface area contributed by atoms with E-state index in [9.17, 15) is 10.1 Å². The van der Waals surface area contributed by atoms with Gasteiger partial charge in [0.05, 0.1) is 17.0 Å². The first-order valence-electron chi connectivity index (χ1n) is 4.82. The van der Waals surface area contributed by atoms with Gasteiger partial charge in [0.15, 0.2) is 0 Å². The predicted molar refractivity (Wildman–Crippen MR) is 64.6 cm³/mol. The number of nitro groups is 1. The van der Waals surface area contributed by atoms with Crippen molar-refractivity contribution in [3.63, 3.8) is 0 Å². The average molecular weight is 308 g/mol. The van der Waals surface area contributed by atoms with Gasteiger partial charge >= 0.3 is 0 Å². The van der Waals surface area contributed by atoms with Crippen LogP contribution in [0.15, 0.2) is 29.0 Å². The van der Waals surface area contributed by atoms with Crippen molar-refractivity contribution in [1.29, 1.82) is 5.26 Å². The van der Waals surface area contributed by atoms with Crippen LogP contribution in [0, 0.1) is 21.4 Å². The molecule has 0 bridgehead atoms. The molecule has 0 aliphatic rings. The largest absolute Gasteiger partial charge is 0.275 e. The molecule has 1 heterocycles. The van der Waals surface area contributed by atoms with Crippen LogP contribution in [0.3, 0.4) is 0 Å². The fourth-order valence-corrected chi connectivity index (χ4v) is 1.79. The van der Waals surface area contributed by atoms with Gasteiger partial charge < -0.3 is 0 Å². The van der Waals surface area contributed by atoms with Crippen molar-refractivity contribution in [1.82, 2.24) is 14.8 Å². The number of nitro benzene ring substituents is 1. The molecular formula is C10H6BrN5O2. The SMILES string of the molecule is N#Cc1ncn(Cc2ccc(Br)cc2[N+](=O)[O-])n1. The second kappa shape index (κ2) is 4.93. The minimum Gasteiger partial charge on any atom is -0.258 e. The molecule has 0 fully saturated rings. The lowest BCUT2D eigenvalue weighted by Gasteiger charge is -2.03. The summed E-state index contributed by atoms with van der Waals surface area (Å²) in [5, 5.41) is 23.4. The first-order chi connectivity index (χ1) is 8.60. The van der Waals surface area contributed by atoms with E-state index in [2.05, 4.69) is 26.0 Å². The highest BCUT2D eigenvalue weighted by Crippen LogP contribution is 2.24. The van der Waals surface area contributed by atoms with Crippen LogP contribution in [0.5, 0.6) is 0 Å². The molecule has 0 spiro atoms. The monoisotopic (exact) mass is 307 g/mol. The second-order valence-electron chi connectivity index (χ2n) is 3.41. The van der Waals surface area contributed by atoms with Crippen LogP contribution in [-0.4, -0.2) is 19.7 Å². The summed E-state index contributed by atoms with van der Waals surface area (Å²) in [7, 11) is 0. The summed E-state index contributed by atoms with van der Waals surface area (Å²) in [5.74, 6) is 0.0368. The Morgan fingerprint density at radius 3 is 2.94 bits per heavy atom. The van der Waals surface area contributed by atoms with E-state index in [1.807, 2.05) is 0 Å². The van der Waals surface area contributed by atoms with E-state index in [-0.39, 0.29) is 18.1 Å².